The lowest BCUT2D eigenvalue weighted by molar-refractivity contribution is 0.583. The maximum absolute atomic E-state index is 8.65. The summed E-state index contributed by atoms with van der Waals surface area (Å²) in [6.07, 6.45) is 5.03. The van der Waals surface area contributed by atoms with Crippen molar-refractivity contribution >= 4 is 11.6 Å². The maximum atomic E-state index is 8.65. The Kier molecular flexibility index (Phi) is 1.99. The molecule has 1 aliphatic carbocycles. The predicted molar refractivity (Wildman–Crippen MR) is 44.5 cm³/mol. The average Bonchev–Trinajstić information content (AvgIpc) is 1.98. The van der Waals surface area contributed by atoms with Crippen LogP contribution in [0.2, 0.25) is 0 Å². The number of hydrogen-bond acceptors (Lipinski definition) is 2. The minimum Gasteiger partial charge on any atom is -0.317 e. The van der Waals surface area contributed by atoms with Gasteiger partial charge < -0.3 is 5.73 Å². The van der Waals surface area contributed by atoms with Gasteiger partial charge in [-0.3, -0.25) is 0 Å². The average molecular weight is 171 g/mol. The third-order valence-electron chi connectivity index (χ3n) is 1.78. The monoisotopic (exact) mass is 170 g/mol. The van der Waals surface area contributed by atoms with E-state index in [1.807, 2.05) is 0 Å². The van der Waals surface area contributed by atoms with Gasteiger partial charge in [0.1, 0.15) is 11.0 Å². The smallest absolute Gasteiger partial charge is 0.317 e. The highest BCUT2D eigenvalue weighted by atomic mass is 35.5. The molecule has 0 aliphatic heterocycles. The van der Waals surface area contributed by atoms with E-state index < -0.39 is 5.54 Å². The molecule has 0 saturated carbocycles. The second kappa shape index (κ2) is 2.65. The summed E-state index contributed by atoms with van der Waals surface area (Å²) in [6.45, 7) is 1.71. The largest absolute Gasteiger partial charge is 0.358 e. The highest BCUT2D eigenvalue weighted by Crippen LogP contribution is 2.25. The van der Waals surface area contributed by atoms with Crippen LogP contribution in [0.3, 0.4) is 0 Å². The minimum atomic E-state index is -0.772. The normalized spacial score (nSPS) is 36.2. The summed E-state index contributed by atoms with van der Waals surface area (Å²) < 4.78 is 0. The summed E-state index contributed by atoms with van der Waals surface area (Å²) in [5.74, 6) is 0. The van der Waals surface area contributed by atoms with Gasteiger partial charge in [-0.15, -0.1) is 0 Å². The molecule has 4 heteroatoms. The van der Waals surface area contributed by atoms with Crippen molar-refractivity contribution in [3.05, 3.63) is 28.2 Å². The van der Waals surface area contributed by atoms with Crippen molar-refractivity contribution in [3.8, 4) is 0 Å². The Morgan fingerprint density at radius 3 is 2.91 bits per heavy atom. The number of rotatable bonds is 0. The molecule has 2 atom stereocenters. The lowest BCUT2D eigenvalue weighted by Gasteiger charge is -2.14. The lowest BCUT2D eigenvalue weighted by Crippen LogP contribution is -2.41. The summed E-state index contributed by atoms with van der Waals surface area (Å²) in [5.41, 5.74) is 4.87. The Labute approximate surface area is 70.1 Å². The molecule has 0 spiro atoms. The molecule has 0 aromatic heterocycles. The molecule has 0 amide bonds. The molecular formula is C7H9ClN3+. The molecule has 1 rings (SSSR count). The van der Waals surface area contributed by atoms with Crippen molar-refractivity contribution in [2.45, 2.75) is 18.5 Å². The molecule has 3 nitrogen and oxygen atoms in total. The zero-order valence-electron chi connectivity index (χ0n) is 6.16. The van der Waals surface area contributed by atoms with Gasteiger partial charge in [0.2, 0.25) is 5.39 Å². The van der Waals surface area contributed by atoms with Crippen molar-refractivity contribution < 1.29 is 0 Å². The van der Waals surface area contributed by atoms with Gasteiger partial charge in [0.15, 0.2) is 0 Å². The van der Waals surface area contributed by atoms with E-state index in [2.05, 4.69) is 4.98 Å². The van der Waals surface area contributed by atoms with Crippen LogP contribution in [0.1, 0.15) is 6.92 Å². The molecule has 0 heterocycles. The molecule has 0 radical (unpaired) electrons. The first-order valence-corrected chi connectivity index (χ1v) is 3.65. The van der Waals surface area contributed by atoms with Crippen molar-refractivity contribution in [1.82, 2.24) is 0 Å². The first kappa shape index (κ1) is 8.25. The second-order valence-electron chi connectivity index (χ2n) is 2.74. The fraction of sp³-hybridized carbons (Fsp3) is 0.429. The van der Waals surface area contributed by atoms with E-state index in [9.17, 15) is 0 Å². The zero-order valence-corrected chi connectivity index (χ0v) is 6.92. The van der Waals surface area contributed by atoms with E-state index in [-0.39, 0.29) is 6.04 Å². The van der Waals surface area contributed by atoms with Crippen LogP contribution in [0.4, 0.5) is 0 Å². The number of allylic oxidation sites excluding steroid dienone is 2. The molecule has 0 saturated heterocycles. The maximum Gasteiger partial charge on any atom is 0.358 e. The Balaban J connectivity index is 3.01. The SMILES string of the molecule is CC1([N+]#N)C=C(Cl)C=CC1N. The molecule has 0 aromatic carbocycles. The Hall–Kier alpha value is -0.850. The summed E-state index contributed by atoms with van der Waals surface area (Å²) in [4.78, 5) is 3.17. The predicted octanol–water partition coefficient (Wildman–Crippen LogP) is 1.62. The van der Waals surface area contributed by atoms with Gasteiger partial charge in [-0.05, 0) is 6.08 Å². The summed E-state index contributed by atoms with van der Waals surface area (Å²) >= 11 is 5.69. The number of halogens is 1. The molecule has 1 aliphatic rings. The first-order valence-electron chi connectivity index (χ1n) is 3.27. The van der Waals surface area contributed by atoms with Crippen LogP contribution in [0.15, 0.2) is 23.3 Å². The lowest BCUT2D eigenvalue weighted by atomic mass is 9.90. The molecule has 2 unspecified atom stereocenters. The van der Waals surface area contributed by atoms with Gasteiger partial charge >= 0.3 is 5.54 Å². The standard InChI is InChI=1S/C7H9ClN3/c1-7(11-10)4-5(8)2-3-6(7)9/h2-4,6H,9H2,1H3/q+1. The summed E-state index contributed by atoms with van der Waals surface area (Å²) in [6, 6.07) is -0.310. The third kappa shape index (κ3) is 1.42. The highest BCUT2D eigenvalue weighted by molar-refractivity contribution is 6.31. The molecule has 0 aromatic rings. The van der Waals surface area contributed by atoms with Gasteiger partial charge in [0.05, 0.1) is 0 Å². The van der Waals surface area contributed by atoms with Crippen LogP contribution in [0, 0.1) is 5.39 Å². The van der Waals surface area contributed by atoms with Gasteiger partial charge in [0.25, 0.3) is 0 Å². The third-order valence-corrected chi connectivity index (χ3v) is 2.02. The number of hydrogen-bond donors (Lipinski definition) is 1. The van der Waals surface area contributed by atoms with Crippen LogP contribution in [-0.2, 0) is 0 Å². The van der Waals surface area contributed by atoms with Gasteiger partial charge in [-0.1, -0.05) is 17.7 Å². The molecular weight excluding hydrogens is 162 g/mol. The van der Waals surface area contributed by atoms with Crippen molar-refractivity contribution in [3.63, 3.8) is 0 Å². The fourth-order valence-corrected chi connectivity index (χ4v) is 1.20. The van der Waals surface area contributed by atoms with E-state index in [1.54, 1.807) is 25.2 Å². The Morgan fingerprint density at radius 1 is 1.82 bits per heavy atom. The first-order chi connectivity index (χ1) is 5.08. The topological polar surface area (TPSA) is 54.2 Å². The van der Waals surface area contributed by atoms with Crippen molar-refractivity contribution in [1.29, 1.82) is 5.39 Å². The molecule has 0 bridgehead atoms. The summed E-state index contributed by atoms with van der Waals surface area (Å²) in [7, 11) is 0. The van der Waals surface area contributed by atoms with Crippen LogP contribution < -0.4 is 5.73 Å². The molecule has 58 valence electrons. The quantitative estimate of drug-likeness (QED) is 0.562. The fourth-order valence-electron chi connectivity index (χ4n) is 0.909. The van der Waals surface area contributed by atoms with E-state index >= 15 is 0 Å². The van der Waals surface area contributed by atoms with E-state index in [0.29, 0.717) is 5.03 Å². The van der Waals surface area contributed by atoms with E-state index in [4.69, 9.17) is 22.7 Å². The van der Waals surface area contributed by atoms with E-state index in [0.717, 1.165) is 0 Å². The van der Waals surface area contributed by atoms with Gasteiger partial charge in [0, 0.05) is 18.0 Å². The van der Waals surface area contributed by atoms with Gasteiger partial charge in [-0.25, -0.2) is 0 Å². The highest BCUT2D eigenvalue weighted by Gasteiger charge is 2.43. The van der Waals surface area contributed by atoms with Gasteiger partial charge in [-0.2, -0.15) is 0 Å². The Morgan fingerprint density at radius 2 is 2.45 bits per heavy atom. The van der Waals surface area contributed by atoms with E-state index in [1.165, 1.54) is 0 Å². The Bertz CT molecular complexity index is 263. The second-order valence-corrected chi connectivity index (χ2v) is 3.18. The van der Waals surface area contributed by atoms with Crippen LogP contribution in [0.25, 0.3) is 4.98 Å². The number of nitrogens with zero attached hydrogens (tertiary/aromatic N) is 2. The number of diazo groups is 1. The van der Waals surface area contributed by atoms with Crippen LogP contribution in [-0.4, -0.2) is 11.6 Å². The minimum absolute atomic E-state index is 0.310. The molecule has 0 fully saturated rings. The molecule has 2 N–H and O–H groups in total. The van der Waals surface area contributed by atoms with Crippen LogP contribution in [0.5, 0.6) is 0 Å². The zero-order chi connectivity index (χ0) is 8.48. The van der Waals surface area contributed by atoms with Crippen molar-refractivity contribution in [2.75, 3.05) is 0 Å². The van der Waals surface area contributed by atoms with Crippen LogP contribution >= 0.6 is 11.6 Å². The molecule has 11 heavy (non-hydrogen) atoms. The van der Waals surface area contributed by atoms with Crippen molar-refractivity contribution in [2.24, 2.45) is 5.73 Å². The summed E-state index contributed by atoms with van der Waals surface area (Å²) in [5, 5.41) is 9.19. The number of nitrogens with two attached hydrogens (primary N) is 1.